The monoisotopic (exact) mass is 299 g/mol. The summed E-state index contributed by atoms with van der Waals surface area (Å²) in [6.07, 6.45) is 3.32. The molecule has 0 amide bonds. The van der Waals surface area contributed by atoms with Gasteiger partial charge in [0.1, 0.15) is 5.82 Å². The van der Waals surface area contributed by atoms with Gasteiger partial charge in [-0.15, -0.1) is 0 Å². The van der Waals surface area contributed by atoms with Gasteiger partial charge in [-0.2, -0.15) is 0 Å². The lowest BCUT2D eigenvalue weighted by Gasteiger charge is -2.12. The summed E-state index contributed by atoms with van der Waals surface area (Å²) in [6.45, 7) is 0.182. The van der Waals surface area contributed by atoms with Crippen molar-refractivity contribution in [2.75, 3.05) is 13.3 Å². The summed E-state index contributed by atoms with van der Waals surface area (Å²) in [7, 11) is -1.70. The maximum Gasteiger partial charge on any atom is 0.191 e. The lowest BCUT2D eigenvalue weighted by Crippen LogP contribution is -2.38. The van der Waals surface area contributed by atoms with E-state index in [0.717, 1.165) is 19.1 Å². The molecule has 0 aliphatic heterocycles. The van der Waals surface area contributed by atoms with E-state index in [1.807, 2.05) is 0 Å². The maximum atomic E-state index is 13.7. The summed E-state index contributed by atoms with van der Waals surface area (Å²) < 4.78 is 36.6. The van der Waals surface area contributed by atoms with E-state index in [4.69, 9.17) is 0 Å². The van der Waals surface area contributed by atoms with Gasteiger partial charge in [0.15, 0.2) is 15.8 Å². The molecule has 1 aliphatic carbocycles. The number of hydrogen-bond acceptors (Lipinski definition) is 3. The molecule has 2 N–H and O–H groups in total. The van der Waals surface area contributed by atoms with Crippen molar-refractivity contribution in [3.05, 3.63) is 29.6 Å². The number of hydrogen-bond donors (Lipinski definition) is 2. The smallest absolute Gasteiger partial charge is 0.191 e. The largest absolute Gasteiger partial charge is 0.354 e. The molecule has 1 aromatic rings. The third-order valence-electron chi connectivity index (χ3n) is 3.03. The zero-order valence-electron chi connectivity index (χ0n) is 11.5. The number of nitrogens with zero attached hydrogens (tertiary/aromatic N) is 1. The predicted octanol–water partition coefficient (Wildman–Crippen LogP) is 1.06. The van der Waals surface area contributed by atoms with E-state index < -0.39 is 15.7 Å². The summed E-state index contributed by atoms with van der Waals surface area (Å²) in [6, 6.07) is 4.23. The van der Waals surface area contributed by atoms with Crippen molar-refractivity contribution >= 4 is 15.8 Å². The SMILES string of the molecule is CN=C(NCc1cc(S(C)(=O)=O)ccc1F)NC1CC1. The van der Waals surface area contributed by atoms with Crippen molar-refractivity contribution in [1.29, 1.82) is 0 Å². The minimum absolute atomic E-state index is 0.112. The maximum absolute atomic E-state index is 13.7. The van der Waals surface area contributed by atoms with Gasteiger partial charge in [0.2, 0.25) is 0 Å². The van der Waals surface area contributed by atoms with Crippen molar-refractivity contribution in [1.82, 2.24) is 10.6 Å². The first-order valence-corrected chi connectivity index (χ1v) is 8.25. The Morgan fingerprint density at radius 1 is 1.45 bits per heavy atom. The van der Waals surface area contributed by atoms with Crippen LogP contribution < -0.4 is 10.6 Å². The second-order valence-electron chi connectivity index (χ2n) is 4.87. The van der Waals surface area contributed by atoms with Crippen LogP contribution in [0.1, 0.15) is 18.4 Å². The average molecular weight is 299 g/mol. The minimum Gasteiger partial charge on any atom is -0.354 e. The van der Waals surface area contributed by atoms with Crippen LogP contribution in [0.15, 0.2) is 28.1 Å². The molecule has 0 atom stereocenters. The number of benzene rings is 1. The normalized spacial score (nSPS) is 16.1. The van der Waals surface area contributed by atoms with Crippen LogP contribution in [0.3, 0.4) is 0 Å². The molecule has 0 saturated heterocycles. The van der Waals surface area contributed by atoms with Gasteiger partial charge in [-0.3, -0.25) is 4.99 Å². The van der Waals surface area contributed by atoms with E-state index in [1.165, 1.54) is 18.2 Å². The van der Waals surface area contributed by atoms with Crippen LogP contribution in [-0.2, 0) is 16.4 Å². The first-order valence-electron chi connectivity index (χ1n) is 6.36. The molecule has 1 aromatic carbocycles. The number of sulfone groups is 1. The van der Waals surface area contributed by atoms with Crippen LogP contribution in [0.5, 0.6) is 0 Å². The van der Waals surface area contributed by atoms with E-state index in [9.17, 15) is 12.8 Å². The number of rotatable bonds is 4. The summed E-state index contributed by atoms with van der Waals surface area (Å²) in [5, 5.41) is 6.15. The van der Waals surface area contributed by atoms with Crippen molar-refractivity contribution in [2.24, 2.45) is 4.99 Å². The first kappa shape index (κ1) is 14.8. The van der Waals surface area contributed by atoms with Gasteiger partial charge in [-0.05, 0) is 31.0 Å². The molecule has 1 fully saturated rings. The Morgan fingerprint density at radius 3 is 2.70 bits per heavy atom. The first-order chi connectivity index (χ1) is 9.40. The van der Waals surface area contributed by atoms with Crippen molar-refractivity contribution in [3.63, 3.8) is 0 Å². The van der Waals surface area contributed by atoms with Crippen molar-refractivity contribution in [3.8, 4) is 0 Å². The molecule has 5 nitrogen and oxygen atoms in total. The molecule has 2 rings (SSSR count). The van der Waals surface area contributed by atoms with Crippen LogP contribution in [-0.4, -0.2) is 33.7 Å². The zero-order chi connectivity index (χ0) is 14.8. The van der Waals surface area contributed by atoms with Crippen LogP contribution in [0.2, 0.25) is 0 Å². The van der Waals surface area contributed by atoms with Gasteiger partial charge in [-0.25, -0.2) is 12.8 Å². The highest BCUT2D eigenvalue weighted by molar-refractivity contribution is 7.90. The van der Waals surface area contributed by atoms with Crippen LogP contribution >= 0.6 is 0 Å². The topological polar surface area (TPSA) is 70.6 Å². The van der Waals surface area contributed by atoms with Gasteiger partial charge in [-0.1, -0.05) is 0 Å². The zero-order valence-corrected chi connectivity index (χ0v) is 12.3. The molecule has 0 radical (unpaired) electrons. The quantitative estimate of drug-likeness (QED) is 0.495. The van der Waals surface area contributed by atoms with Gasteiger partial charge in [0.25, 0.3) is 0 Å². The molecule has 1 saturated carbocycles. The fourth-order valence-corrected chi connectivity index (χ4v) is 2.38. The number of halogens is 1. The van der Waals surface area contributed by atoms with Crippen LogP contribution in [0.4, 0.5) is 4.39 Å². The highest BCUT2D eigenvalue weighted by atomic mass is 32.2. The van der Waals surface area contributed by atoms with Crippen LogP contribution in [0, 0.1) is 5.82 Å². The van der Waals surface area contributed by atoms with E-state index in [2.05, 4.69) is 15.6 Å². The molecule has 0 heterocycles. The minimum atomic E-state index is -3.34. The molecule has 20 heavy (non-hydrogen) atoms. The summed E-state index contributed by atoms with van der Waals surface area (Å²) in [5.74, 6) is 0.156. The summed E-state index contributed by atoms with van der Waals surface area (Å²) in [4.78, 5) is 4.15. The third kappa shape index (κ3) is 3.93. The molecule has 1 aliphatic rings. The fraction of sp³-hybridized carbons (Fsp3) is 0.462. The highest BCUT2D eigenvalue weighted by Crippen LogP contribution is 2.18. The average Bonchev–Trinajstić information content (AvgIpc) is 3.18. The Labute approximate surface area is 118 Å². The lowest BCUT2D eigenvalue weighted by molar-refractivity contribution is 0.594. The van der Waals surface area contributed by atoms with E-state index in [1.54, 1.807) is 7.05 Å². The summed E-state index contributed by atoms with van der Waals surface area (Å²) in [5.41, 5.74) is 0.298. The highest BCUT2D eigenvalue weighted by Gasteiger charge is 2.22. The second kappa shape index (κ2) is 5.78. The van der Waals surface area contributed by atoms with Crippen LogP contribution in [0.25, 0.3) is 0 Å². The summed E-state index contributed by atoms with van der Waals surface area (Å²) >= 11 is 0. The number of nitrogens with one attached hydrogen (secondary N) is 2. The predicted molar refractivity (Wildman–Crippen MR) is 75.9 cm³/mol. The van der Waals surface area contributed by atoms with E-state index >= 15 is 0 Å². The molecular weight excluding hydrogens is 281 g/mol. The Morgan fingerprint density at radius 2 is 2.15 bits per heavy atom. The molecule has 0 aromatic heterocycles. The molecule has 0 bridgehead atoms. The number of guanidine groups is 1. The Hall–Kier alpha value is -1.63. The van der Waals surface area contributed by atoms with Gasteiger partial charge >= 0.3 is 0 Å². The molecule has 0 unspecified atom stereocenters. The van der Waals surface area contributed by atoms with Crippen molar-refractivity contribution in [2.45, 2.75) is 30.3 Å². The lowest BCUT2D eigenvalue weighted by atomic mass is 10.2. The molecule has 0 spiro atoms. The molecule has 110 valence electrons. The fourth-order valence-electron chi connectivity index (χ4n) is 1.71. The Kier molecular flexibility index (Phi) is 4.27. The Balaban J connectivity index is 2.08. The van der Waals surface area contributed by atoms with Gasteiger partial charge in [0, 0.05) is 31.5 Å². The van der Waals surface area contributed by atoms with E-state index in [-0.39, 0.29) is 11.4 Å². The molecular formula is C13H18FN3O2S. The molecule has 7 heteroatoms. The van der Waals surface area contributed by atoms with Gasteiger partial charge in [0.05, 0.1) is 4.90 Å². The third-order valence-corrected chi connectivity index (χ3v) is 4.14. The van der Waals surface area contributed by atoms with Crippen molar-refractivity contribution < 1.29 is 12.8 Å². The van der Waals surface area contributed by atoms with E-state index in [0.29, 0.717) is 17.6 Å². The standard InChI is InChI=1S/C13H18FN3O2S/c1-15-13(17-10-3-4-10)16-8-9-7-11(20(2,18)19)5-6-12(9)14/h5-7,10H,3-4,8H2,1-2H3,(H2,15,16,17). The Bertz CT molecular complexity index is 625. The number of aliphatic imine (C=N–C) groups is 1. The second-order valence-corrected chi connectivity index (χ2v) is 6.89. The van der Waals surface area contributed by atoms with Gasteiger partial charge < -0.3 is 10.6 Å².